The molecule has 2 rings (SSSR count). The number of aliphatic hydroxyl groups excluding tert-OH is 2. The van der Waals surface area contributed by atoms with Gasteiger partial charge in [0.05, 0.1) is 25.7 Å². The molecule has 17 N–H and O–H groups in total. The molecule has 26 heteroatoms. The lowest BCUT2D eigenvalue weighted by Crippen LogP contribution is -2.62. The molecule has 0 spiro atoms. The zero-order valence-corrected chi connectivity index (χ0v) is 40.7. The molecule has 0 bridgehead atoms. The van der Waals surface area contributed by atoms with Crippen molar-refractivity contribution in [2.75, 3.05) is 13.2 Å². The fourth-order valence-electron chi connectivity index (χ4n) is 6.92. The van der Waals surface area contributed by atoms with Crippen LogP contribution in [0.5, 0.6) is 0 Å². The van der Waals surface area contributed by atoms with Gasteiger partial charge in [-0.05, 0) is 42.7 Å². The highest BCUT2D eigenvalue weighted by molar-refractivity contribution is 5.99. The molecule has 0 saturated heterocycles. The SMILES string of the molecule is CCC(C)C(NC(=O)C(CO)NC(=O)C(CO)NC(=O)C(CC(=O)O)NC(=O)C(Cc1c[nH]c2ccccc12)NC(=O)C(C)NC(=O)C(N)CCC(N)=O)C(=O)NC(C(=O)NC(C(=O)O)C(C)C)C(C)C. The molecule has 394 valence electrons. The van der Waals surface area contributed by atoms with Gasteiger partial charge in [-0.15, -0.1) is 0 Å². The highest BCUT2D eigenvalue weighted by Crippen LogP contribution is 2.20. The van der Waals surface area contributed by atoms with Gasteiger partial charge >= 0.3 is 11.9 Å². The number of hydrogen-bond donors (Lipinski definition) is 15. The average molecular weight is 1000 g/mol. The van der Waals surface area contributed by atoms with Gasteiger partial charge in [0.2, 0.25) is 53.2 Å². The first-order valence-corrected chi connectivity index (χ1v) is 22.9. The predicted molar refractivity (Wildman–Crippen MR) is 253 cm³/mol. The molecule has 26 nitrogen and oxygen atoms in total. The van der Waals surface area contributed by atoms with Crippen LogP contribution in [0.25, 0.3) is 10.9 Å². The van der Waals surface area contributed by atoms with Gasteiger partial charge in [0.1, 0.15) is 48.3 Å². The van der Waals surface area contributed by atoms with Gasteiger partial charge in [0.15, 0.2) is 0 Å². The van der Waals surface area contributed by atoms with Crippen molar-refractivity contribution in [3.05, 3.63) is 36.0 Å². The van der Waals surface area contributed by atoms with Gasteiger partial charge in [-0.2, -0.15) is 0 Å². The summed E-state index contributed by atoms with van der Waals surface area (Å²) in [5.41, 5.74) is 12.1. The lowest BCUT2D eigenvalue weighted by atomic mass is 9.95. The van der Waals surface area contributed by atoms with E-state index in [2.05, 4.69) is 47.5 Å². The van der Waals surface area contributed by atoms with Crippen LogP contribution >= 0.6 is 0 Å². The average Bonchev–Trinajstić information content (AvgIpc) is 3.72. The number of aromatic nitrogens is 1. The van der Waals surface area contributed by atoms with E-state index in [1.54, 1.807) is 72.0 Å². The van der Waals surface area contributed by atoms with Crippen LogP contribution < -0.4 is 54.0 Å². The Balaban J connectivity index is 2.30. The predicted octanol–water partition coefficient (Wildman–Crippen LogP) is -3.90. The van der Waals surface area contributed by atoms with E-state index in [1.807, 2.05) is 0 Å². The van der Waals surface area contributed by atoms with E-state index in [1.165, 1.54) is 6.92 Å². The Kier molecular flexibility index (Phi) is 24.0. The van der Waals surface area contributed by atoms with Crippen molar-refractivity contribution in [2.24, 2.45) is 29.2 Å². The largest absolute Gasteiger partial charge is 0.481 e. The molecular weight excluding hydrogens is 935 g/mol. The quantitative estimate of drug-likeness (QED) is 0.0356. The third-order valence-electron chi connectivity index (χ3n) is 11.4. The third-order valence-corrected chi connectivity index (χ3v) is 11.4. The van der Waals surface area contributed by atoms with Gasteiger partial charge in [0.25, 0.3) is 0 Å². The number of aliphatic hydroxyl groups is 2. The van der Waals surface area contributed by atoms with Crippen LogP contribution in [-0.2, 0) is 59.2 Å². The molecule has 71 heavy (non-hydrogen) atoms. The zero-order chi connectivity index (χ0) is 53.9. The van der Waals surface area contributed by atoms with Crippen LogP contribution in [0.1, 0.15) is 79.7 Å². The van der Waals surface area contributed by atoms with Crippen molar-refractivity contribution in [2.45, 2.75) is 135 Å². The molecule has 0 fully saturated rings. The number of rotatable bonds is 30. The number of amides is 9. The second kappa shape index (κ2) is 28.5. The third kappa shape index (κ3) is 18.6. The molecule has 0 aliphatic heterocycles. The summed E-state index contributed by atoms with van der Waals surface area (Å²) in [7, 11) is 0. The number of H-pyrrole nitrogens is 1. The molecule has 1 heterocycles. The van der Waals surface area contributed by atoms with E-state index >= 15 is 0 Å². The zero-order valence-electron chi connectivity index (χ0n) is 40.7. The lowest BCUT2D eigenvalue weighted by molar-refractivity contribution is -0.144. The number of benzene rings is 1. The summed E-state index contributed by atoms with van der Waals surface area (Å²) < 4.78 is 0. The van der Waals surface area contributed by atoms with E-state index in [-0.39, 0.29) is 19.3 Å². The summed E-state index contributed by atoms with van der Waals surface area (Å²) in [5, 5.41) is 59.1. The lowest BCUT2D eigenvalue weighted by Gasteiger charge is -2.30. The number of primary amides is 1. The van der Waals surface area contributed by atoms with Gasteiger partial charge < -0.3 is 79.4 Å². The number of fused-ring (bicyclic) bond motifs is 1. The fraction of sp³-hybridized carbons (Fsp3) is 0.578. The summed E-state index contributed by atoms with van der Waals surface area (Å²) in [5.74, 6) is -13.4. The van der Waals surface area contributed by atoms with Crippen LogP contribution in [0.4, 0.5) is 0 Å². The highest BCUT2D eigenvalue weighted by atomic mass is 16.4. The van der Waals surface area contributed by atoms with Crippen molar-refractivity contribution in [1.29, 1.82) is 0 Å². The number of carboxylic acids is 2. The Morgan fingerprint density at radius 3 is 1.59 bits per heavy atom. The second-order valence-corrected chi connectivity index (χ2v) is 17.8. The number of hydrogen-bond acceptors (Lipinski definition) is 14. The Bertz CT molecular complexity index is 2230. The Morgan fingerprint density at radius 1 is 0.592 bits per heavy atom. The molecule has 2 aromatic rings. The minimum atomic E-state index is -1.96. The minimum Gasteiger partial charge on any atom is -0.481 e. The molecular formula is C45H69N11O15. The molecule has 1 aromatic carbocycles. The van der Waals surface area contributed by atoms with Crippen LogP contribution in [0.2, 0.25) is 0 Å². The van der Waals surface area contributed by atoms with Crippen molar-refractivity contribution in [3.63, 3.8) is 0 Å². The number of carbonyl (C=O) groups excluding carboxylic acids is 9. The Hall–Kier alpha value is -7.19. The molecule has 10 unspecified atom stereocenters. The number of aromatic amines is 1. The van der Waals surface area contributed by atoms with Crippen LogP contribution in [0.15, 0.2) is 30.5 Å². The molecule has 0 radical (unpaired) electrons. The first-order chi connectivity index (χ1) is 33.3. The summed E-state index contributed by atoms with van der Waals surface area (Å²) in [6, 6.07) is -6.75. The summed E-state index contributed by atoms with van der Waals surface area (Å²) in [6.45, 7) is 8.71. The van der Waals surface area contributed by atoms with E-state index in [0.717, 1.165) is 0 Å². The van der Waals surface area contributed by atoms with Crippen molar-refractivity contribution < 1.29 is 73.2 Å². The topological polar surface area (TPSA) is 433 Å². The maximum absolute atomic E-state index is 14.0. The number of carboxylic acid groups (broad SMARTS) is 2. The normalized spacial score (nSPS) is 15.5. The van der Waals surface area contributed by atoms with Crippen LogP contribution in [-0.4, -0.2) is 158 Å². The van der Waals surface area contributed by atoms with Crippen molar-refractivity contribution in [3.8, 4) is 0 Å². The Morgan fingerprint density at radius 2 is 1.07 bits per heavy atom. The molecule has 9 amide bonds. The molecule has 0 saturated carbocycles. The monoisotopic (exact) mass is 1000 g/mol. The van der Waals surface area contributed by atoms with Crippen LogP contribution in [0.3, 0.4) is 0 Å². The maximum atomic E-state index is 14.0. The van der Waals surface area contributed by atoms with Crippen molar-refractivity contribution >= 4 is 76.0 Å². The number of para-hydroxylation sites is 1. The second-order valence-electron chi connectivity index (χ2n) is 17.8. The van der Waals surface area contributed by atoms with E-state index < -0.39 is 157 Å². The van der Waals surface area contributed by atoms with E-state index in [9.17, 15) is 73.2 Å². The van der Waals surface area contributed by atoms with Gasteiger partial charge in [-0.1, -0.05) is 66.2 Å². The number of carbonyl (C=O) groups is 11. The van der Waals surface area contributed by atoms with Gasteiger partial charge in [0, 0.05) is 29.9 Å². The smallest absolute Gasteiger partial charge is 0.326 e. The Labute approximate surface area is 409 Å². The van der Waals surface area contributed by atoms with Crippen LogP contribution in [0, 0.1) is 17.8 Å². The molecule has 0 aliphatic rings. The summed E-state index contributed by atoms with van der Waals surface area (Å²) >= 11 is 0. The highest BCUT2D eigenvalue weighted by Gasteiger charge is 2.37. The number of nitrogens with one attached hydrogen (secondary N) is 9. The number of aliphatic carboxylic acids is 2. The van der Waals surface area contributed by atoms with E-state index in [0.29, 0.717) is 22.9 Å². The maximum Gasteiger partial charge on any atom is 0.326 e. The molecule has 10 atom stereocenters. The standard InChI is InChI=1S/C45H69N11O15/c1-8-22(6)36(44(69)54-34(20(2)3)43(68)55-35(21(4)5)45(70)71)56-42(67)31(19-58)53-41(66)30(18-57)52-40(65)29(16-33(60)61)51-39(64)28(15-24-17-48-27-12-10-9-11-25(24)27)50-37(62)23(7)49-38(63)26(46)13-14-32(47)59/h9-12,17,20-23,26,28-31,34-36,48,57-58H,8,13-16,18-19,46H2,1-7H3,(H2,47,59)(H,49,63)(H,50,62)(H,51,64)(H,52,65)(H,53,66)(H,54,69)(H,55,68)(H,56,67)(H,60,61)(H,70,71). The summed E-state index contributed by atoms with van der Waals surface area (Å²) in [4.78, 5) is 145. The molecule has 1 aromatic heterocycles. The number of nitrogens with two attached hydrogens (primary N) is 2. The summed E-state index contributed by atoms with van der Waals surface area (Å²) in [6.07, 6.45) is 0.207. The minimum absolute atomic E-state index is 0.120. The fourth-order valence-corrected chi connectivity index (χ4v) is 6.92. The van der Waals surface area contributed by atoms with E-state index in [4.69, 9.17) is 11.5 Å². The molecule has 0 aliphatic carbocycles. The van der Waals surface area contributed by atoms with Gasteiger partial charge in [-0.3, -0.25) is 47.9 Å². The van der Waals surface area contributed by atoms with Crippen molar-refractivity contribution in [1.82, 2.24) is 47.5 Å². The first-order valence-electron chi connectivity index (χ1n) is 22.9. The van der Waals surface area contributed by atoms with Gasteiger partial charge in [-0.25, -0.2) is 4.79 Å². The first kappa shape index (κ1) is 59.9.